The Hall–Kier alpha value is -2.45. The standard InChI is InChI=1S/C22H32N4O4/c1-15(2)12-18(22(29)25(3)19-13-30-14-20(19)27)24-21(28)16-4-6-17(7-5-16)26-10-8-23-9-11-26/h4-7,15,18-19,23H,8-14H2,1-3H3,(H,24,28). The van der Waals surface area contributed by atoms with Gasteiger partial charge in [0.1, 0.15) is 18.7 Å². The molecule has 0 aromatic heterocycles. The van der Waals surface area contributed by atoms with E-state index < -0.39 is 12.1 Å². The Balaban J connectivity index is 1.67. The van der Waals surface area contributed by atoms with Gasteiger partial charge in [-0.25, -0.2) is 0 Å². The minimum Gasteiger partial charge on any atom is -0.371 e. The van der Waals surface area contributed by atoms with Gasteiger partial charge in [-0.1, -0.05) is 13.8 Å². The molecule has 0 bridgehead atoms. The molecule has 2 atom stereocenters. The number of nitrogens with zero attached hydrogens (tertiary/aromatic N) is 2. The molecule has 0 saturated carbocycles. The van der Waals surface area contributed by atoms with Crippen LogP contribution in [0.1, 0.15) is 30.6 Å². The Morgan fingerprint density at radius 2 is 1.90 bits per heavy atom. The molecule has 2 aliphatic rings. The van der Waals surface area contributed by atoms with Crippen LogP contribution in [0.25, 0.3) is 0 Å². The third-order valence-electron chi connectivity index (χ3n) is 5.63. The molecule has 1 aromatic carbocycles. The number of carbonyl (C=O) groups is 3. The Labute approximate surface area is 177 Å². The summed E-state index contributed by atoms with van der Waals surface area (Å²) in [5.41, 5.74) is 1.60. The summed E-state index contributed by atoms with van der Waals surface area (Å²) in [4.78, 5) is 41.5. The minimum absolute atomic E-state index is 0.0307. The van der Waals surface area contributed by atoms with Crippen LogP contribution in [0.5, 0.6) is 0 Å². The van der Waals surface area contributed by atoms with E-state index in [1.165, 1.54) is 4.90 Å². The summed E-state index contributed by atoms with van der Waals surface area (Å²) >= 11 is 0. The number of carbonyl (C=O) groups excluding carboxylic acids is 3. The molecule has 2 amide bonds. The molecule has 3 rings (SSSR count). The molecule has 1 aromatic rings. The smallest absolute Gasteiger partial charge is 0.251 e. The third-order valence-corrected chi connectivity index (χ3v) is 5.63. The lowest BCUT2D eigenvalue weighted by Crippen LogP contribution is -2.52. The molecule has 0 aliphatic carbocycles. The first-order valence-corrected chi connectivity index (χ1v) is 10.6. The topological polar surface area (TPSA) is 91.0 Å². The van der Waals surface area contributed by atoms with Gasteiger partial charge in [0, 0.05) is 44.5 Å². The van der Waals surface area contributed by atoms with Crippen molar-refractivity contribution in [2.24, 2.45) is 5.92 Å². The summed E-state index contributed by atoms with van der Waals surface area (Å²) in [7, 11) is 1.60. The van der Waals surface area contributed by atoms with Gasteiger partial charge in [-0.2, -0.15) is 0 Å². The second-order valence-electron chi connectivity index (χ2n) is 8.39. The molecular formula is C22H32N4O4. The fourth-order valence-corrected chi connectivity index (χ4v) is 3.87. The van der Waals surface area contributed by atoms with E-state index in [1.54, 1.807) is 19.2 Å². The summed E-state index contributed by atoms with van der Waals surface area (Å²) in [6.07, 6.45) is 0.496. The van der Waals surface area contributed by atoms with Gasteiger partial charge in [0.05, 0.1) is 6.61 Å². The Kier molecular flexibility index (Phi) is 7.44. The van der Waals surface area contributed by atoms with Crippen molar-refractivity contribution >= 4 is 23.3 Å². The number of ether oxygens (including phenoxy) is 1. The molecule has 2 fully saturated rings. The molecular weight excluding hydrogens is 384 g/mol. The van der Waals surface area contributed by atoms with Crippen LogP contribution in [0.15, 0.2) is 24.3 Å². The van der Waals surface area contributed by atoms with Crippen LogP contribution >= 0.6 is 0 Å². The van der Waals surface area contributed by atoms with Crippen molar-refractivity contribution in [3.8, 4) is 0 Å². The van der Waals surface area contributed by atoms with E-state index in [9.17, 15) is 14.4 Å². The molecule has 30 heavy (non-hydrogen) atoms. The molecule has 2 unspecified atom stereocenters. The first kappa shape index (κ1) is 22.2. The van der Waals surface area contributed by atoms with E-state index in [0.717, 1.165) is 31.9 Å². The predicted molar refractivity (Wildman–Crippen MR) is 115 cm³/mol. The fourth-order valence-electron chi connectivity index (χ4n) is 3.87. The number of piperazine rings is 1. The number of amides is 2. The molecule has 2 aliphatic heterocycles. The summed E-state index contributed by atoms with van der Waals surface area (Å²) in [6, 6.07) is 6.20. The summed E-state index contributed by atoms with van der Waals surface area (Å²) in [5.74, 6) is -0.455. The Morgan fingerprint density at radius 1 is 1.23 bits per heavy atom. The van der Waals surface area contributed by atoms with E-state index in [4.69, 9.17) is 4.74 Å². The van der Waals surface area contributed by atoms with Gasteiger partial charge in [-0.3, -0.25) is 14.4 Å². The van der Waals surface area contributed by atoms with Crippen molar-refractivity contribution in [3.05, 3.63) is 29.8 Å². The van der Waals surface area contributed by atoms with Crippen molar-refractivity contribution < 1.29 is 19.1 Å². The molecule has 2 saturated heterocycles. The van der Waals surface area contributed by atoms with Gasteiger partial charge < -0.3 is 25.2 Å². The lowest BCUT2D eigenvalue weighted by molar-refractivity contribution is -0.138. The molecule has 8 nitrogen and oxygen atoms in total. The number of hydrogen-bond acceptors (Lipinski definition) is 6. The van der Waals surface area contributed by atoms with Crippen LogP contribution in [-0.4, -0.2) is 81.0 Å². The highest BCUT2D eigenvalue weighted by Gasteiger charge is 2.35. The van der Waals surface area contributed by atoms with Gasteiger partial charge in [0.2, 0.25) is 5.91 Å². The number of Topliss-reactive ketones (excluding diaryl/α,β-unsaturated/α-hetero) is 1. The Bertz CT molecular complexity index is 759. The highest BCUT2D eigenvalue weighted by Crippen LogP contribution is 2.17. The monoisotopic (exact) mass is 416 g/mol. The maximum atomic E-state index is 13.0. The average molecular weight is 417 g/mol. The van der Waals surface area contributed by atoms with E-state index >= 15 is 0 Å². The zero-order valence-corrected chi connectivity index (χ0v) is 18.0. The van der Waals surface area contributed by atoms with Crippen molar-refractivity contribution in [1.29, 1.82) is 0 Å². The number of ketones is 1. The summed E-state index contributed by atoms with van der Waals surface area (Å²) in [5, 5.41) is 6.20. The van der Waals surface area contributed by atoms with Gasteiger partial charge in [0.15, 0.2) is 5.78 Å². The van der Waals surface area contributed by atoms with E-state index in [1.807, 2.05) is 26.0 Å². The minimum atomic E-state index is -0.691. The number of nitrogens with one attached hydrogen (secondary N) is 2. The lowest BCUT2D eigenvalue weighted by Gasteiger charge is -2.30. The first-order chi connectivity index (χ1) is 14.4. The number of rotatable bonds is 7. The molecule has 0 spiro atoms. The van der Waals surface area contributed by atoms with Crippen LogP contribution in [-0.2, 0) is 14.3 Å². The summed E-state index contributed by atoms with van der Waals surface area (Å²) in [6.45, 7) is 8.00. The molecule has 164 valence electrons. The lowest BCUT2D eigenvalue weighted by atomic mass is 10.0. The van der Waals surface area contributed by atoms with Crippen molar-refractivity contribution in [3.63, 3.8) is 0 Å². The number of hydrogen-bond donors (Lipinski definition) is 2. The SMILES string of the molecule is CC(C)CC(NC(=O)c1ccc(N2CCNCC2)cc1)C(=O)N(C)C1COCC1=O. The van der Waals surface area contributed by atoms with E-state index in [-0.39, 0.29) is 36.7 Å². The molecule has 2 heterocycles. The number of anilines is 1. The van der Waals surface area contributed by atoms with Crippen LogP contribution < -0.4 is 15.5 Å². The van der Waals surface area contributed by atoms with Gasteiger partial charge >= 0.3 is 0 Å². The maximum Gasteiger partial charge on any atom is 0.251 e. The quantitative estimate of drug-likeness (QED) is 0.679. The van der Waals surface area contributed by atoms with Gasteiger partial charge in [-0.05, 0) is 36.6 Å². The first-order valence-electron chi connectivity index (χ1n) is 10.6. The van der Waals surface area contributed by atoms with Crippen LogP contribution in [0.3, 0.4) is 0 Å². The largest absolute Gasteiger partial charge is 0.371 e. The van der Waals surface area contributed by atoms with Crippen LogP contribution in [0.4, 0.5) is 5.69 Å². The average Bonchev–Trinajstić information content (AvgIpc) is 3.18. The van der Waals surface area contributed by atoms with Crippen LogP contribution in [0.2, 0.25) is 0 Å². The van der Waals surface area contributed by atoms with E-state index in [2.05, 4.69) is 15.5 Å². The number of likely N-dealkylation sites (N-methyl/N-ethyl adjacent to an activating group) is 1. The Morgan fingerprint density at radius 3 is 2.47 bits per heavy atom. The zero-order valence-electron chi connectivity index (χ0n) is 18.0. The second kappa shape index (κ2) is 10.0. The number of benzene rings is 1. The third kappa shape index (κ3) is 5.37. The van der Waals surface area contributed by atoms with Crippen molar-refractivity contribution in [2.75, 3.05) is 51.3 Å². The van der Waals surface area contributed by atoms with Gasteiger partial charge in [-0.15, -0.1) is 0 Å². The summed E-state index contributed by atoms with van der Waals surface area (Å²) < 4.78 is 5.17. The second-order valence-corrected chi connectivity index (χ2v) is 8.39. The van der Waals surface area contributed by atoms with Crippen LogP contribution in [0, 0.1) is 5.92 Å². The predicted octanol–water partition coefficient (Wildman–Crippen LogP) is 0.667. The fraction of sp³-hybridized carbons (Fsp3) is 0.591. The molecule has 8 heteroatoms. The van der Waals surface area contributed by atoms with Crippen molar-refractivity contribution in [1.82, 2.24) is 15.5 Å². The van der Waals surface area contributed by atoms with E-state index in [0.29, 0.717) is 12.0 Å². The zero-order chi connectivity index (χ0) is 21.7. The molecule has 2 N–H and O–H groups in total. The van der Waals surface area contributed by atoms with Crippen molar-refractivity contribution in [2.45, 2.75) is 32.4 Å². The van der Waals surface area contributed by atoms with Gasteiger partial charge in [0.25, 0.3) is 5.91 Å². The maximum absolute atomic E-state index is 13.0. The normalized spacial score (nSPS) is 20.3. The molecule has 0 radical (unpaired) electrons. The highest BCUT2D eigenvalue weighted by atomic mass is 16.5. The highest BCUT2D eigenvalue weighted by molar-refractivity contribution is 5.99.